The first-order chi connectivity index (χ1) is 9.93. The smallest absolute Gasteiger partial charge is 0.339 e. The Labute approximate surface area is 122 Å². The molecule has 114 valence electrons. The number of carbonyl (C=O) groups is 1. The molecule has 0 aliphatic carbocycles. The number of nitrogens with zero attached hydrogens (tertiary/aromatic N) is 4. The molecule has 8 nitrogen and oxygen atoms in total. The third-order valence-electron chi connectivity index (χ3n) is 3.76. The van der Waals surface area contributed by atoms with Crippen LogP contribution >= 0.6 is 0 Å². The molecule has 0 saturated carbocycles. The van der Waals surface area contributed by atoms with E-state index in [0.717, 1.165) is 25.4 Å². The number of rotatable bonds is 4. The Morgan fingerprint density at radius 2 is 2.29 bits per heavy atom. The van der Waals surface area contributed by atoms with E-state index in [2.05, 4.69) is 23.7 Å². The molecule has 1 aliphatic rings. The van der Waals surface area contributed by atoms with E-state index in [1.54, 1.807) is 0 Å². The molecule has 1 aromatic rings. The molecule has 2 rings (SSSR count). The van der Waals surface area contributed by atoms with Gasteiger partial charge in [-0.15, -0.1) is 0 Å². The van der Waals surface area contributed by atoms with Crippen LogP contribution in [-0.4, -0.2) is 58.1 Å². The highest BCUT2D eigenvalue weighted by Gasteiger charge is 2.27. The maximum atomic E-state index is 11.3. The molecule has 2 heterocycles. The quantitative estimate of drug-likeness (QED) is 0.658. The van der Waals surface area contributed by atoms with Crippen molar-refractivity contribution in [3.05, 3.63) is 27.9 Å². The minimum atomic E-state index is -1.20. The number of anilines is 1. The second kappa shape index (κ2) is 6.04. The molecule has 1 aliphatic heterocycles. The first-order valence-corrected chi connectivity index (χ1v) is 6.80. The number of likely N-dealkylation sites (N-methyl/N-ethyl adjacent to an activating group) is 1. The largest absolute Gasteiger partial charge is 0.478 e. The topological polar surface area (TPSA) is 99.8 Å². The highest BCUT2D eigenvalue weighted by Crippen LogP contribution is 2.24. The number of hydrogen-bond donors (Lipinski definition) is 1. The summed E-state index contributed by atoms with van der Waals surface area (Å²) in [5.41, 5.74) is -0.433. The van der Waals surface area contributed by atoms with E-state index >= 15 is 0 Å². The van der Waals surface area contributed by atoms with Gasteiger partial charge < -0.3 is 10.0 Å². The van der Waals surface area contributed by atoms with E-state index in [1.165, 1.54) is 0 Å². The van der Waals surface area contributed by atoms with Gasteiger partial charge in [-0.05, 0) is 13.5 Å². The zero-order valence-corrected chi connectivity index (χ0v) is 12.0. The molecule has 0 bridgehead atoms. The van der Waals surface area contributed by atoms with Gasteiger partial charge in [0, 0.05) is 31.7 Å². The lowest BCUT2D eigenvalue weighted by atomic mass is 10.1. The van der Waals surface area contributed by atoms with Crippen LogP contribution in [0, 0.1) is 10.1 Å². The number of piperazine rings is 1. The van der Waals surface area contributed by atoms with Gasteiger partial charge in [0.25, 0.3) is 5.69 Å². The minimum absolute atomic E-state index is 0.124. The Kier molecular flexibility index (Phi) is 4.37. The predicted octanol–water partition coefficient (Wildman–Crippen LogP) is 1.22. The summed E-state index contributed by atoms with van der Waals surface area (Å²) in [6.07, 6.45) is 1.11. The number of carboxylic acid groups (broad SMARTS) is 1. The van der Waals surface area contributed by atoms with Gasteiger partial charge in [-0.1, -0.05) is 6.92 Å². The van der Waals surface area contributed by atoms with Crippen molar-refractivity contribution in [2.75, 3.05) is 31.1 Å². The first kappa shape index (κ1) is 15.2. The lowest BCUT2D eigenvalue weighted by molar-refractivity contribution is -0.385. The second-order valence-corrected chi connectivity index (χ2v) is 5.05. The third-order valence-corrected chi connectivity index (χ3v) is 3.76. The Hall–Kier alpha value is -2.22. The average Bonchev–Trinajstić information content (AvgIpc) is 2.46. The van der Waals surface area contributed by atoms with Crippen molar-refractivity contribution in [3.63, 3.8) is 0 Å². The average molecular weight is 294 g/mol. The van der Waals surface area contributed by atoms with E-state index < -0.39 is 10.9 Å². The summed E-state index contributed by atoms with van der Waals surface area (Å²) in [5.74, 6) is -0.900. The zero-order chi connectivity index (χ0) is 15.6. The van der Waals surface area contributed by atoms with Crippen molar-refractivity contribution in [2.45, 2.75) is 19.9 Å². The SMILES string of the molecule is CCN1CCN(c2ncc([N+](=O)[O-])cc2C(=O)O)CC1C. The highest BCUT2D eigenvalue weighted by atomic mass is 16.6. The zero-order valence-electron chi connectivity index (χ0n) is 12.0. The molecule has 21 heavy (non-hydrogen) atoms. The van der Waals surface area contributed by atoms with E-state index in [-0.39, 0.29) is 17.3 Å². The summed E-state index contributed by atoms with van der Waals surface area (Å²) in [5, 5.41) is 20.0. The van der Waals surface area contributed by atoms with Crippen molar-refractivity contribution in [3.8, 4) is 0 Å². The molecule has 1 N–H and O–H groups in total. The Morgan fingerprint density at radius 1 is 1.57 bits per heavy atom. The molecular weight excluding hydrogens is 276 g/mol. The van der Waals surface area contributed by atoms with Crippen molar-refractivity contribution in [1.82, 2.24) is 9.88 Å². The summed E-state index contributed by atoms with van der Waals surface area (Å²) in [6, 6.07) is 1.35. The van der Waals surface area contributed by atoms with Gasteiger partial charge in [-0.3, -0.25) is 15.0 Å². The van der Waals surface area contributed by atoms with E-state index in [4.69, 9.17) is 0 Å². The molecule has 1 aromatic heterocycles. The summed E-state index contributed by atoms with van der Waals surface area (Å²) >= 11 is 0. The van der Waals surface area contributed by atoms with Crippen molar-refractivity contribution < 1.29 is 14.8 Å². The molecule has 1 fully saturated rings. The minimum Gasteiger partial charge on any atom is -0.478 e. The molecule has 1 unspecified atom stereocenters. The van der Waals surface area contributed by atoms with Crippen LogP contribution in [0.15, 0.2) is 12.3 Å². The third kappa shape index (κ3) is 3.10. The number of carboxylic acids is 1. The van der Waals surface area contributed by atoms with Gasteiger partial charge in [0.2, 0.25) is 0 Å². The van der Waals surface area contributed by atoms with Crippen LogP contribution in [0.2, 0.25) is 0 Å². The lowest BCUT2D eigenvalue weighted by Gasteiger charge is -2.40. The molecule has 1 atom stereocenters. The highest BCUT2D eigenvalue weighted by molar-refractivity contribution is 5.94. The standard InChI is InChI=1S/C13H18N4O4/c1-3-15-4-5-16(8-9(15)2)12-11(13(18)19)6-10(7-14-12)17(20)21/h6-7,9H,3-5,8H2,1-2H3,(H,18,19). The van der Waals surface area contributed by atoms with Crippen LogP contribution in [0.3, 0.4) is 0 Å². The fraction of sp³-hybridized carbons (Fsp3) is 0.538. The summed E-state index contributed by atoms with van der Waals surface area (Å²) < 4.78 is 0. The Bertz CT molecular complexity index is 563. The molecule has 0 spiro atoms. The summed E-state index contributed by atoms with van der Waals surface area (Å²) in [6.45, 7) is 7.21. The van der Waals surface area contributed by atoms with Crippen LogP contribution in [0.5, 0.6) is 0 Å². The monoisotopic (exact) mass is 294 g/mol. The maximum Gasteiger partial charge on any atom is 0.339 e. The molecule has 0 amide bonds. The van der Waals surface area contributed by atoms with E-state index in [9.17, 15) is 20.0 Å². The first-order valence-electron chi connectivity index (χ1n) is 6.80. The number of pyridine rings is 1. The predicted molar refractivity (Wildman–Crippen MR) is 76.8 cm³/mol. The van der Waals surface area contributed by atoms with Crippen LogP contribution < -0.4 is 4.90 Å². The maximum absolute atomic E-state index is 11.3. The molecule has 0 aromatic carbocycles. The molecule has 8 heteroatoms. The fourth-order valence-electron chi connectivity index (χ4n) is 2.61. The van der Waals surface area contributed by atoms with Crippen molar-refractivity contribution >= 4 is 17.5 Å². The van der Waals surface area contributed by atoms with Crippen molar-refractivity contribution in [2.24, 2.45) is 0 Å². The van der Waals surface area contributed by atoms with Crippen LogP contribution in [0.1, 0.15) is 24.2 Å². The lowest BCUT2D eigenvalue weighted by Crippen LogP contribution is -2.52. The van der Waals surface area contributed by atoms with Crippen LogP contribution in [-0.2, 0) is 0 Å². The molecule has 1 saturated heterocycles. The fourth-order valence-corrected chi connectivity index (χ4v) is 2.61. The number of hydrogen-bond acceptors (Lipinski definition) is 6. The number of aromatic nitrogens is 1. The van der Waals surface area contributed by atoms with Gasteiger partial charge in [0.05, 0.1) is 4.92 Å². The van der Waals surface area contributed by atoms with E-state index in [0.29, 0.717) is 18.9 Å². The molecule has 0 radical (unpaired) electrons. The summed E-state index contributed by atoms with van der Waals surface area (Å²) in [7, 11) is 0. The Morgan fingerprint density at radius 3 is 2.81 bits per heavy atom. The van der Waals surface area contributed by atoms with Gasteiger partial charge in [-0.2, -0.15) is 0 Å². The summed E-state index contributed by atoms with van der Waals surface area (Å²) in [4.78, 5) is 29.6. The van der Waals surface area contributed by atoms with Crippen LogP contribution in [0.25, 0.3) is 0 Å². The van der Waals surface area contributed by atoms with Gasteiger partial charge in [0.1, 0.15) is 17.6 Å². The number of aromatic carboxylic acids is 1. The normalized spacial score (nSPS) is 19.5. The van der Waals surface area contributed by atoms with Crippen LogP contribution in [0.4, 0.5) is 11.5 Å². The number of nitro groups is 1. The van der Waals surface area contributed by atoms with E-state index in [1.807, 2.05) is 4.90 Å². The van der Waals surface area contributed by atoms with Crippen molar-refractivity contribution in [1.29, 1.82) is 0 Å². The van der Waals surface area contributed by atoms with Gasteiger partial charge >= 0.3 is 5.97 Å². The molecular formula is C13H18N4O4. The van der Waals surface area contributed by atoms with Gasteiger partial charge in [0.15, 0.2) is 0 Å². The van der Waals surface area contributed by atoms with Gasteiger partial charge in [-0.25, -0.2) is 9.78 Å². The Balaban J connectivity index is 2.31. The second-order valence-electron chi connectivity index (χ2n) is 5.05.